The zero-order valence-corrected chi connectivity index (χ0v) is 14.6. The van der Waals surface area contributed by atoms with E-state index in [-0.39, 0.29) is 0 Å². The maximum absolute atomic E-state index is 5.95. The molecule has 0 amide bonds. The van der Waals surface area contributed by atoms with Gasteiger partial charge in [0.2, 0.25) is 0 Å². The number of para-hydroxylation sites is 1. The number of hydrogen-bond donors (Lipinski definition) is 1. The average Bonchev–Trinajstić information content (AvgIpc) is 3.10. The van der Waals surface area contributed by atoms with E-state index < -0.39 is 0 Å². The second kappa shape index (κ2) is 8.57. The third-order valence-electron chi connectivity index (χ3n) is 3.61. The Morgan fingerprint density at radius 1 is 1.12 bits per heavy atom. The van der Waals surface area contributed by atoms with Gasteiger partial charge in [-0.3, -0.25) is 4.98 Å². The molecule has 0 aliphatic carbocycles. The van der Waals surface area contributed by atoms with Gasteiger partial charge in [-0.25, -0.2) is 4.98 Å². The molecule has 24 heavy (non-hydrogen) atoms. The van der Waals surface area contributed by atoms with Crippen molar-refractivity contribution in [2.75, 3.05) is 0 Å². The van der Waals surface area contributed by atoms with Crippen LogP contribution in [0.2, 0.25) is 0 Å². The van der Waals surface area contributed by atoms with Gasteiger partial charge >= 0.3 is 0 Å². The molecule has 0 spiro atoms. The first kappa shape index (κ1) is 16.6. The smallest absolute Gasteiger partial charge is 0.124 e. The molecule has 0 unspecified atom stereocenters. The Balaban J connectivity index is 1.55. The largest absolute Gasteiger partial charge is 0.489 e. The van der Waals surface area contributed by atoms with Crippen LogP contribution in [0, 0.1) is 0 Å². The molecule has 0 aliphatic rings. The Hall–Kier alpha value is -2.24. The van der Waals surface area contributed by atoms with E-state index in [1.807, 2.05) is 36.5 Å². The van der Waals surface area contributed by atoms with Crippen molar-refractivity contribution in [3.05, 3.63) is 76.0 Å². The first-order valence-corrected chi connectivity index (χ1v) is 8.96. The molecule has 2 heterocycles. The number of ether oxygens (including phenoxy) is 1. The summed E-state index contributed by atoms with van der Waals surface area (Å²) in [4.78, 5) is 8.69. The van der Waals surface area contributed by atoms with Crippen LogP contribution in [0.25, 0.3) is 0 Å². The van der Waals surface area contributed by atoms with Gasteiger partial charge in [-0.1, -0.05) is 31.2 Å². The average molecular weight is 339 g/mol. The number of hydrogen-bond acceptors (Lipinski definition) is 5. The second-order valence-corrected chi connectivity index (χ2v) is 6.39. The number of rotatable bonds is 8. The van der Waals surface area contributed by atoms with Crippen LogP contribution in [0.3, 0.4) is 0 Å². The summed E-state index contributed by atoms with van der Waals surface area (Å²) in [5, 5.41) is 6.75. The van der Waals surface area contributed by atoms with Crippen LogP contribution < -0.4 is 10.1 Å². The molecule has 0 aliphatic heterocycles. The number of pyridine rings is 1. The number of aryl methyl sites for hydroxylation is 1. The summed E-state index contributed by atoms with van der Waals surface area (Å²) in [5.41, 5.74) is 3.31. The van der Waals surface area contributed by atoms with Crippen molar-refractivity contribution >= 4 is 11.3 Å². The molecule has 5 heteroatoms. The summed E-state index contributed by atoms with van der Waals surface area (Å²) < 4.78 is 5.95. The molecule has 0 saturated carbocycles. The molecular weight excluding hydrogens is 318 g/mol. The molecule has 1 aromatic carbocycles. The predicted molar refractivity (Wildman–Crippen MR) is 97.0 cm³/mol. The van der Waals surface area contributed by atoms with Crippen LogP contribution in [0.4, 0.5) is 0 Å². The highest BCUT2D eigenvalue weighted by Gasteiger charge is 2.05. The molecule has 4 nitrogen and oxygen atoms in total. The zero-order chi connectivity index (χ0) is 16.6. The van der Waals surface area contributed by atoms with Gasteiger partial charge < -0.3 is 10.1 Å². The Bertz CT molecular complexity index is 758. The first-order chi connectivity index (χ1) is 11.8. The van der Waals surface area contributed by atoms with E-state index in [9.17, 15) is 0 Å². The fraction of sp³-hybridized carbons (Fsp3) is 0.263. The van der Waals surface area contributed by atoms with Crippen LogP contribution in [-0.2, 0) is 26.1 Å². The lowest BCUT2D eigenvalue weighted by molar-refractivity contribution is 0.301. The van der Waals surface area contributed by atoms with Gasteiger partial charge in [0.1, 0.15) is 12.4 Å². The molecule has 3 rings (SSSR count). The molecule has 1 N–H and O–H groups in total. The van der Waals surface area contributed by atoms with Gasteiger partial charge in [0.15, 0.2) is 0 Å². The number of nitrogens with zero attached hydrogens (tertiary/aromatic N) is 2. The zero-order valence-electron chi connectivity index (χ0n) is 13.7. The van der Waals surface area contributed by atoms with E-state index in [1.165, 1.54) is 5.01 Å². The minimum atomic E-state index is 0.525. The van der Waals surface area contributed by atoms with Gasteiger partial charge in [0.25, 0.3) is 0 Å². The third kappa shape index (κ3) is 4.63. The van der Waals surface area contributed by atoms with E-state index in [1.54, 1.807) is 17.5 Å². The summed E-state index contributed by atoms with van der Waals surface area (Å²) in [5.74, 6) is 0.904. The van der Waals surface area contributed by atoms with Crippen molar-refractivity contribution < 1.29 is 4.74 Å². The Morgan fingerprint density at radius 2 is 2.04 bits per heavy atom. The highest BCUT2D eigenvalue weighted by atomic mass is 32.1. The molecule has 124 valence electrons. The monoisotopic (exact) mass is 339 g/mol. The standard InChI is InChI=1S/C19H21N3OS/c1-2-19-22-17(14-24-19)12-21-11-16-7-3-4-8-18(16)23-13-15-6-5-9-20-10-15/h3-10,14,21H,2,11-13H2,1H3. The Kier molecular flexibility index (Phi) is 5.93. The Morgan fingerprint density at radius 3 is 2.83 bits per heavy atom. The summed E-state index contributed by atoms with van der Waals surface area (Å²) >= 11 is 1.72. The summed E-state index contributed by atoms with van der Waals surface area (Å²) in [6.45, 7) is 4.18. The lowest BCUT2D eigenvalue weighted by Gasteiger charge is -2.12. The Labute approximate surface area is 146 Å². The van der Waals surface area contributed by atoms with Crippen molar-refractivity contribution in [3.8, 4) is 5.75 Å². The predicted octanol–water partition coefficient (Wildman–Crippen LogP) is 3.97. The van der Waals surface area contributed by atoms with Crippen LogP contribution in [0.15, 0.2) is 54.2 Å². The summed E-state index contributed by atoms with van der Waals surface area (Å²) in [6, 6.07) is 12.1. The molecular formula is C19H21N3OS. The first-order valence-electron chi connectivity index (χ1n) is 8.08. The van der Waals surface area contributed by atoms with Crippen molar-refractivity contribution in [2.45, 2.75) is 33.0 Å². The van der Waals surface area contributed by atoms with E-state index >= 15 is 0 Å². The van der Waals surface area contributed by atoms with Gasteiger partial charge in [-0.05, 0) is 18.6 Å². The van der Waals surface area contributed by atoms with Crippen molar-refractivity contribution in [1.82, 2.24) is 15.3 Å². The molecule has 0 atom stereocenters. The van der Waals surface area contributed by atoms with E-state index in [0.717, 1.165) is 42.1 Å². The maximum atomic E-state index is 5.95. The molecule has 3 aromatic rings. The number of thiazole rings is 1. The minimum Gasteiger partial charge on any atom is -0.489 e. The molecule has 0 radical (unpaired) electrons. The van der Waals surface area contributed by atoms with E-state index in [2.05, 4.69) is 33.7 Å². The van der Waals surface area contributed by atoms with E-state index in [4.69, 9.17) is 4.74 Å². The van der Waals surface area contributed by atoms with E-state index in [0.29, 0.717) is 6.61 Å². The van der Waals surface area contributed by atoms with Crippen LogP contribution in [0.5, 0.6) is 5.75 Å². The van der Waals surface area contributed by atoms with Gasteiger partial charge in [0.05, 0.1) is 10.7 Å². The van der Waals surface area contributed by atoms with Crippen LogP contribution >= 0.6 is 11.3 Å². The number of nitrogens with one attached hydrogen (secondary N) is 1. The summed E-state index contributed by atoms with van der Waals surface area (Å²) in [6.07, 6.45) is 4.59. The number of aromatic nitrogens is 2. The van der Waals surface area contributed by atoms with Crippen LogP contribution in [0.1, 0.15) is 28.8 Å². The highest BCUT2D eigenvalue weighted by molar-refractivity contribution is 7.09. The molecule has 0 bridgehead atoms. The SMILES string of the molecule is CCc1nc(CNCc2ccccc2OCc2cccnc2)cs1. The quantitative estimate of drug-likeness (QED) is 0.674. The van der Waals surface area contributed by atoms with Gasteiger partial charge in [-0.15, -0.1) is 11.3 Å². The van der Waals surface area contributed by atoms with Gasteiger partial charge in [0, 0.05) is 42.0 Å². The van der Waals surface area contributed by atoms with Crippen LogP contribution in [-0.4, -0.2) is 9.97 Å². The fourth-order valence-electron chi connectivity index (χ4n) is 2.35. The van der Waals surface area contributed by atoms with Gasteiger partial charge in [-0.2, -0.15) is 0 Å². The third-order valence-corrected chi connectivity index (χ3v) is 4.66. The summed E-state index contributed by atoms with van der Waals surface area (Å²) in [7, 11) is 0. The maximum Gasteiger partial charge on any atom is 0.124 e. The molecule has 2 aromatic heterocycles. The minimum absolute atomic E-state index is 0.525. The molecule has 0 saturated heterocycles. The van der Waals surface area contributed by atoms with Crippen molar-refractivity contribution in [2.24, 2.45) is 0 Å². The van der Waals surface area contributed by atoms with Crippen molar-refractivity contribution in [3.63, 3.8) is 0 Å². The highest BCUT2D eigenvalue weighted by Crippen LogP contribution is 2.19. The lowest BCUT2D eigenvalue weighted by Crippen LogP contribution is -2.14. The fourth-order valence-corrected chi connectivity index (χ4v) is 3.10. The number of benzene rings is 1. The molecule has 0 fully saturated rings. The normalized spacial score (nSPS) is 10.7. The lowest BCUT2D eigenvalue weighted by atomic mass is 10.2. The topological polar surface area (TPSA) is 47.0 Å². The second-order valence-electron chi connectivity index (χ2n) is 5.45. The van der Waals surface area contributed by atoms with Crippen molar-refractivity contribution in [1.29, 1.82) is 0 Å².